The van der Waals surface area contributed by atoms with Crippen LogP contribution in [-0.4, -0.2) is 76.7 Å². The van der Waals surface area contributed by atoms with Gasteiger partial charge in [-0.15, -0.1) is 0 Å². The van der Waals surface area contributed by atoms with Crippen molar-refractivity contribution in [3.05, 3.63) is 52.5 Å². The van der Waals surface area contributed by atoms with Gasteiger partial charge in [0.15, 0.2) is 11.5 Å². The molecule has 0 atom stereocenters. The number of halogens is 1. The molecule has 0 saturated carbocycles. The molecule has 1 N–H and O–H groups in total. The number of ether oxygens (including phenoxy) is 2. The Morgan fingerprint density at radius 3 is 2.41 bits per heavy atom. The number of nitrogens with zero attached hydrogens (tertiary/aromatic N) is 3. The molecule has 0 unspecified atom stereocenters. The lowest BCUT2D eigenvalue weighted by Gasteiger charge is -2.33. The Labute approximate surface area is 196 Å². The lowest BCUT2D eigenvalue weighted by molar-refractivity contribution is -0.122. The average molecular weight is 525 g/mol. The second-order valence-corrected chi connectivity index (χ2v) is 9.86. The number of rotatable bonds is 8. The van der Waals surface area contributed by atoms with Gasteiger partial charge in [0.25, 0.3) is 5.91 Å². The fourth-order valence-corrected chi connectivity index (χ4v) is 5.00. The van der Waals surface area contributed by atoms with Gasteiger partial charge in [0.2, 0.25) is 10.0 Å². The van der Waals surface area contributed by atoms with Crippen LogP contribution in [0.4, 0.5) is 0 Å². The third-order valence-corrected chi connectivity index (χ3v) is 7.42. The highest BCUT2D eigenvalue weighted by Crippen LogP contribution is 2.29. The van der Waals surface area contributed by atoms with Crippen molar-refractivity contribution in [3.63, 3.8) is 0 Å². The van der Waals surface area contributed by atoms with Crippen molar-refractivity contribution in [1.29, 1.82) is 0 Å². The molecule has 11 heteroatoms. The van der Waals surface area contributed by atoms with E-state index >= 15 is 0 Å². The number of methoxy groups -OCH3 is 2. The summed E-state index contributed by atoms with van der Waals surface area (Å²) < 4.78 is 38.4. The van der Waals surface area contributed by atoms with Gasteiger partial charge in [-0.25, -0.2) is 13.8 Å². The maximum absolute atomic E-state index is 12.8. The summed E-state index contributed by atoms with van der Waals surface area (Å²) in [6.45, 7) is 1.66. The summed E-state index contributed by atoms with van der Waals surface area (Å²) in [6.07, 6.45) is 1.49. The third-order valence-electron chi connectivity index (χ3n) is 4.98. The summed E-state index contributed by atoms with van der Waals surface area (Å²) in [7, 11) is -0.470. The number of sulfonamides is 1. The molecule has 1 aliphatic rings. The molecule has 1 fully saturated rings. The summed E-state index contributed by atoms with van der Waals surface area (Å²) in [5, 5.41) is 4.00. The molecule has 0 bridgehead atoms. The van der Waals surface area contributed by atoms with Crippen LogP contribution in [0.2, 0.25) is 0 Å². The van der Waals surface area contributed by atoms with Crippen molar-refractivity contribution in [2.24, 2.45) is 5.10 Å². The van der Waals surface area contributed by atoms with Gasteiger partial charge in [-0.2, -0.15) is 9.41 Å². The van der Waals surface area contributed by atoms with Gasteiger partial charge in [0.1, 0.15) is 0 Å². The first kappa shape index (κ1) is 24.2. The number of para-hydroxylation sites is 1. The fourth-order valence-electron chi connectivity index (χ4n) is 3.31. The number of carbonyl (C=O) groups is 1. The minimum Gasteiger partial charge on any atom is -0.493 e. The summed E-state index contributed by atoms with van der Waals surface area (Å²) in [6, 6.07) is 11.9. The molecule has 0 spiro atoms. The van der Waals surface area contributed by atoms with Gasteiger partial charge in [-0.05, 0) is 36.4 Å². The Bertz CT molecular complexity index is 1070. The summed E-state index contributed by atoms with van der Waals surface area (Å²) >= 11 is 3.31. The van der Waals surface area contributed by atoms with Crippen molar-refractivity contribution in [2.75, 3.05) is 46.9 Å². The van der Waals surface area contributed by atoms with Crippen molar-refractivity contribution < 1.29 is 22.7 Å². The smallest absolute Gasteiger partial charge is 0.254 e. The number of carbonyl (C=O) groups excluding carboxylic acids is 1. The average Bonchev–Trinajstić information content (AvgIpc) is 2.79. The Balaban J connectivity index is 1.51. The summed E-state index contributed by atoms with van der Waals surface area (Å²) in [5.41, 5.74) is 3.16. The van der Waals surface area contributed by atoms with E-state index in [9.17, 15) is 13.2 Å². The van der Waals surface area contributed by atoms with Gasteiger partial charge < -0.3 is 9.47 Å². The number of hydrogen-bond donors (Lipinski definition) is 1. The second kappa shape index (κ2) is 10.9. The van der Waals surface area contributed by atoms with E-state index in [-0.39, 0.29) is 17.3 Å². The zero-order valence-corrected chi connectivity index (χ0v) is 20.2. The first-order valence-electron chi connectivity index (χ1n) is 9.86. The molecule has 1 aliphatic heterocycles. The quantitative estimate of drug-likeness (QED) is 0.418. The largest absolute Gasteiger partial charge is 0.493 e. The molecule has 2 aromatic rings. The first-order chi connectivity index (χ1) is 15.3. The van der Waals surface area contributed by atoms with Crippen molar-refractivity contribution in [1.82, 2.24) is 14.6 Å². The maximum Gasteiger partial charge on any atom is 0.254 e. The lowest BCUT2D eigenvalue weighted by atomic mass is 10.2. The van der Waals surface area contributed by atoms with Crippen LogP contribution in [0.25, 0.3) is 0 Å². The van der Waals surface area contributed by atoms with Gasteiger partial charge >= 0.3 is 0 Å². The van der Waals surface area contributed by atoms with E-state index in [1.165, 1.54) is 17.6 Å². The van der Waals surface area contributed by atoms with Crippen LogP contribution in [0.15, 0.2) is 56.9 Å². The molecular weight excluding hydrogens is 500 g/mol. The molecule has 1 amide bonds. The highest BCUT2D eigenvalue weighted by atomic mass is 79.9. The first-order valence-corrected chi connectivity index (χ1v) is 12.1. The Hall–Kier alpha value is -2.47. The van der Waals surface area contributed by atoms with Gasteiger partial charge in [0.05, 0.1) is 31.9 Å². The maximum atomic E-state index is 12.8. The van der Waals surface area contributed by atoms with Crippen molar-refractivity contribution >= 4 is 38.1 Å². The molecule has 2 aromatic carbocycles. The predicted octanol–water partition coefficient (Wildman–Crippen LogP) is 1.92. The van der Waals surface area contributed by atoms with E-state index in [0.717, 1.165) is 4.47 Å². The SMILES string of the molecule is COc1cccc(/C=N\NC(=O)CN2CCN(S(=O)(=O)c3ccc(Br)cc3)CC2)c1OC. The molecule has 3 rings (SSSR count). The number of piperazine rings is 1. The van der Waals surface area contributed by atoms with Gasteiger partial charge in [-0.3, -0.25) is 9.69 Å². The standard InChI is InChI=1S/C21H25BrN4O5S/c1-30-19-5-3-4-16(21(19)31-2)14-23-24-20(27)15-25-10-12-26(13-11-25)32(28,29)18-8-6-17(22)7-9-18/h3-9,14H,10-13,15H2,1-2H3,(H,24,27)/b23-14-. The number of nitrogens with one attached hydrogen (secondary N) is 1. The number of benzene rings is 2. The number of hydrazone groups is 1. The second-order valence-electron chi connectivity index (χ2n) is 7.01. The van der Waals surface area contributed by atoms with E-state index in [1.54, 1.807) is 49.6 Å². The van der Waals surface area contributed by atoms with Gasteiger partial charge in [-0.1, -0.05) is 22.0 Å². The molecular formula is C21H25BrN4O5S. The number of amides is 1. The summed E-state index contributed by atoms with van der Waals surface area (Å²) in [4.78, 5) is 14.4. The minimum atomic E-state index is -3.55. The monoisotopic (exact) mass is 524 g/mol. The van der Waals surface area contributed by atoms with Crippen LogP contribution < -0.4 is 14.9 Å². The van der Waals surface area contributed by atoms with Crippen LogP contribution in [0, 0.1) is 0 Å². The molecule has 0 aliphatic carbocycles. The van der Waals surface area contributed by atoms with Crippen molar-refractivity contribution in [3.8, 4) is 11.5 Å². The molecule has 1 heterocycles. The third kappa shape index (κ3) is 5.85. The molecule has 0 aromatic heterocycles. The minimum absolute atomic E-state index is 0.124. The van der Waals surface area contributed by atoms with Crippen molar-refractivity contribution in [2.45, 2.75) is 4.90 Å². The molecule has 9 nitrogen and oxygen atoms in total. The predicted molar refractivity (Wildman–Crippen MR) is 125 cm³/mol. The van der Waals surface area contributed by atoms with Crippen LogP contribution >= 0.6 is 15.9 Å². The normalized spacial score (nSPS) is 15.6. The molecule has 32 heavy (non-hydrogen) atoms. The fraction of sp³-hybridized carbons (Fsp3) is 0.333. The van der Waals surface area contributed by atoms with E-state index < -0.39 is 10.0 Å². The lowest BCUT2D eigenvalue weighted by Crippen LogP contribution is -2.50. The highest BCUT2D eigenvalue weighted by Gasteiger charge is 2.29. The van der Waals surface area contributed by atoms with Crippen LogP contribution in [0.3, 0.4) is 0 Å². The Kier molecular flexibility index (Phi) is 8.24. The zero-order chi connectivity index (χ0) is 23.1. The summed E-state index contributed by atoms with van der Waals surface area (Å²) in [5.74, 6) is 0.808. The molecule has 172 valence electrons. The zero-order valence-electron chi connectivity index (χ0n) is 17.8. The van der Waals surface area contributed by atoms with E-state index in [0.29, 0.717) is 43.2 Å². The van der Waals surface area contributed by atoms with Gasteiger partial charge in [0, 0.05) is 36.2 Å². The topological polar surface area (TPSA) is 101 Å². The van der Waals surface area contributed by atoms with Crippen LogP contribution in [0.5, 0.6) is 11.5 Å². The Morgan fingerprint density at radius 2 is 1.78 bits per heavy atom. The van der Waals surface area contributed by atoms with Crippen LogP contribution in [0.1, 0.15) is 5.56 Å². The van der Waals surface area contributed by atoms with E-state index in [2.05, 4.69) is 26.5 Å². The van der Waals surface area contributed by atoms with E-state index in [1.807, 2.05) is 4.90 Å². The molecule has 0 radical (unpaired) electrons. The highest BCUT2D eigenvalue weighted by molar-refractivity contribution is 9.10. The number of hydrogen-bond acceptors (Lipinski definition) is 7. The van der Waals surface area contributed by atoms with E-state index in [4.69, 9.17) is 9.47 Å². The Morgan fingerprint density at radius 1 is 1.09 bits per heavy atom. The van der Waals surface area contributed by atoms with Crippen LogP contribution in [-0.2, 0) is 14.8 Å². The molecule has 1 saturated heterocycles.